The van der Waals surface area contributed by atoms with E-state index in [9.17, 15) is 0 Å². The van der Waals surface area contributed by atoms with Crippen molar-refractivity contribution in [3.05, 3.63) is 42.0 Å². The van der Waals surface area contributed by atoms with Gasteiger partial charge < -0.3 is 0 Å². The first-order chi connectivity index (χ1) is 6.43. The van der Waals surface area contributed by atoms with Gasteiger partial charge in [0.25, 0.3) is 0 Å². The largest absolute Gasteiger partial charge is 0.158 e. The minimum Gasteiger partial charge on any atom is -0.158 e. The third-order valence-corrected chi connectivity index (χ3v) is 2.80. The first-order valence-corrected chi connectivity index (χ1v) is 5.88. The average Bonchev–Trinajstić information content (AvgIpc) is 2.19. The lowest BCUT2D eigenvalue weighted by Crippen LogP contribution is -1.76. The molecule has 1 rings (SSSR count). The molecule has 1 heteroatoms. The van der Waals surface area contributed by atoms with Crippen LogP contribution in [-0.4, -0.2) is 11.5 Å². The zero-order chi connectivity index (χ0) is 9.36. The second-order valence-electron chi connectivity index (χ2n) is 2.89. The van der Waals surface area contributed by atoms with Gasteiger partial charge in [-0.3, -0.25) is 0 Å². The quantitative estimate of drug-likeness (QED) is 0.639. The Kier molecular flexibility index (Phi) is 5.42. The first kappa shape index (κ1) is 10.4. The lowest BCUT2D eigenvalue weighted by atomic mass is 10.2. The Labute approximate surface area is 85.1 Å². The topological polar surface area (TPSA) is 0 Å². The van der Waals surface area contributed by atoms with Crippen LogP contribution in [0, 0.1) is 0 Å². The summed E-state index contributed by atoms with van der Waals surface area (Å²) in [7, 11) is 0. The number of thioether (sulfide) groups is 1. The van der Waals surface area contributed by atoms with Gasteiger partial charge in [0.15, 0.2) is 0 Å². The van der Waals surface area contributed by atoms with Gasteiger partial charge in [-0.25, -0.2) is 0 Å². The number of rotatable bonds is 5. The van der Waals surface area contributed by atoms with Crippen LogP contribution in [0.2, 0.25) is 0 Å². The maximum atomic E-state index is 2.23. The molecule has 1 aromatic rings. The van der Waals surface area contributed by atoms with Crippen LogP contribution in [0.25, 0.3) is 6.08 Å². The van der Waals surface area contributed by atoms with E-state index < -0.39 is 0 Å². The smallest absolute Gasteiger partial charge is 0.0116 e. The Morgan fingerprint density at radius 1 is 1.23 bits per heavy atom. The maximum Gasteiger partial charge on any atom is 0.0116 e. The van der Waals surface area contributed by atoms with Crippen LogP contribution in [0.5, 0.6) is 0 Å². The van der Waals surface area contributed by atoms with E-state index in [4.69, 9.17) is 0 Å². The molecule has 0 aliphatic heterocycles. The Hall–Kier alpha value is -0.690. The van der Waals surface area contributed by atoms with Crippen LogP contribution in [0.1, 0.15) is 18.9 Å². The van der Waals surface area contributed by atoms with Crippen LogP contribution in [0.3, 0.4) is 0 Å². The van der Waals surface area contributed by atoms with Crippen molar-refractivity contribution < 1.29 is 0 Å². The zero-order valence-corrected chi connectivity index (χ0v) is 8.89. The summed E-state index contributed by atoms with van der Waals surface area (Å²) in [6, 6.07) is 10.4. The van der Waals surface area contributed by atoms with E-state index in [2.05, 4.69) is 43.3 Å². The fraction of sp³-hybridized carbons (Fsp3) is 0.333. The Morgan fingerprint density at radius 2 is 2.00 bits per heavy atom. The van der Waals surface area contributed by atoms with Crippen LogP contribution >= 0.6 is 11.8 Å². The van der Waals surface area contributed by atoms with Gasteiger partial charge in [-0.1, -0.05) is 49.4 Å². The highest BCUT2D eigenvalue weighted by molar-refractivity contribution is 7.99. The molecule has 0 aromatic heterocycles. The van der Waals surface area contributed by atoms with Crippen molar-refractivity contribution in [3.63, 3.8) is 0 Å². The van der Waals surface area contributed by atoms with Gasteiger partial charge in [-0.15, -0.1) is 0 Å². The standard InChI is InChI=1S/C12H16S/c1-2-10-13-11-6-9-12-7-4-3-5-8-12/h3-9H,2,10-11H2,1H3/b9-6+. The van der Waals surface area contributed by atoms with E-state index in [0.717, 1.165) is 5.75 Å². The molecular weight excluding hydrogens is 176 g/mol. The number of hydrogen-bond acceptors (Lipinski definition) is 1. The van der Waals surface area contributed by atoms with Gasteiger partial charge in [0.1, 0.15) is 0 Å². The van der Waals surface area contributed by atoms with Crippen molar-refractivity contribution in [1.29, 1.82) is 0 Å². The highest BCUT2D eigenvalue weighted by Gasteiger charge is 1.83. The van der Waals surface area contributed by atoms with Crippen molar-refractivity contribution in [3.8, 4) is 0 Å². The van der Waals surface area contributed by atoms with Gasteiger partial charge in [0.05, 0.1) is 0 Å². The van der Waals surface area contributed by atoms with Gasteiger partial charge >= 0.3 is 0 Å². The lowest BCUT2D eigenvalue weighted by Gasteiger charge is -1.93. The first-order valence-electron chi connectivity index (χ1n) is 4.73. The Bertz CT molecular complexity index is 239. The highest BCUT2D eigenvalue weighted by atomic mass is 32.2. The van der Waals surface area contributed by atoms with E-state index in [1.165, 1.54) is 17.7 Å². The van der Waals surface area contributed by atoms with Crippen molar-refractivity contribution in [1.82, 2.24) is 0 Å². The molecule has 0 N–H and O–H groups in total. The molecule has 0 aliphatic carbocycles. The molecule has 0 saturated heterocycles. The van der Waals surface area contributed by atoms with Crippen LogP contribution in [0.4, 0.5) is 0 Å². The monoisotopic (exact) mass is 192 g/mol. The van der Waals surface area contributed by atoms with Crippen LogP contribution < -0.4 is 0 Å². The normalized spacial score (nSPS) is 10.8. The predicted octanol–water partition coefficient (Wildman–Crippen LogP) is 3.84. The summed E-state index contributed by atoms with van der Waals surface area (Å²) in [5.74, 6) is 2.39. The highest BCUT2D eigenvalue weighted by Crippen LogP contribution is 2.05. The molecule has 0 atom stereocenters. The van der Waals surface area contributed by atoms with Gasteiger partial charge in [-0.05, 0) is 17.7 Å². The molecule has 1 aromatic carbocycles. The van der Waals surface area contributed by atoms with E-state index in [1.807, 2.05) is 17.8 Å². The molecule has 0 fully saturated rings. The van der Waals surface area contributed by atoms with Crippen LogP contribution in [-0.2, 0) is 0 Å². The van der Waals surface area contributed by atoms with Gasteiger partial charge in [0.2, 0.25) is 0 Å². The lowest BCUT2D eigenvalue weighted by molar-refractivity contribution is 1.11. The average molecular weight is 192 g/mol. The fourth-order valence-corrected chi connectivity index (χ4v) is 1.73. The molecule has 13 heavy (non-hydrogen) atoms. The van der Waals surface area contributed by atoms with Crippen molar-refractivity contribution in [2.45, 2.75) is 13.3 Å². The molecule has 0 spiro atoms. The summed E-state index contributed by atoms with van der Waals surface area (Å²) in [5, 5.41) is 0. The Balaban J connectivity index is 2.25. The second kappa shape index (κ2) is 6.79. The van der Waals surface area contributed by atoms with E-state index in [0.29, 0.717) is 0 Å². The van der Waals surface area contributed by atoms with Crippen molar-refractivity contribution in [2.24, 2.45) is 0 Å². The molecule has 0 radical (unpaired) electrons. The molecule has 0 nitrogen and oxygen atoms in total. The molecule has 0 amide bonds. The van der Waals surface area contributed by atoms with E-state index in [-0.39, 0.29) is 0 Å². The van der Waals surface area contributed by atoms with Crippen LogP contribution in [0.15, 0.2) is 36.4 Å². The summed E-state index contributed by atoms with van der Waals surface area (Å²) in [4.78, 5) is 0. The minimum atomic E-state index is 1.13. The fourth-order valence-electron chi connectivity index (χ4n) is 1.04. The summed E-state index contributed by atoms with van der Waals surface area (Å²) in [6.07, 6.45) is 5.68. The third kappa shape index (κ3) is 4.79. The van der Waals surface area contributed by atoms with E-state index >= 15 is 0 Å². The third-order valence-electron chi connectivity index (χ3n) is 1.67. The molecule has 70 valence electrons. The minimum absolute atomic E-state index is 1.13. The molecule has 0 bridgehead atoms. The summed E-state index contributed by atoms with van der Waals surface area (Å²) in [6.45, 7) is 2.22. The van der Waals surface area contributed by atoms with Gasteiger partial charge in [-0.2, -0.15) is 11.8 Å². The summed E-state index contributed by atoms with van der Waals surface area (Å²) < 4.78 is 0. The van der Waals surface area contributed by atoms with Crippen molar-refractivity contribution >= 4 is 17.8 Å². The number of hydrogen-bond donors (Lipinski definition) is 0. The number of benzene rings is 1. The molecule has 0 aliphatic rings. The zero-order valence-electron chi connectivity index (χ0n) is 8.07. The molecule has 0 saturated carbocycles. The summed E-state index contributed by atoms with van der Waals surface area (Å²) in [5.41, 5.74) is 1.29. The SMILES string of the molecule is CCCSC/C=C/c1ccccc1. The molecular formula is C12H16S. The maximum absolute atomic E-state index is 2.23. The molecule has 0 heterocycles. The molecule has 0 unspecified atom stereocenters. The summed E-state index contributed by atoms with van der Waals surface area (Å²) >= 11 is 1.99. The van der Waals surface area contributed by atoms with Gasteiger partial charge in [0, 0.05) is 5.75 Å². The van der Waals surface area contributed by atoms with E-state index in [1.54, 1.807) is 0 Å². The van der Waals surface area contributed by atoms with Crippen molar-refractivity contribution in [2.75, 3.05) is 11.5 Å². The predicted molar refractivity (Wildman–Crippen MR) is 63.1 cm³/mol. The second-order valence-corrected chi connectivity index (χ2v) is 4.04. The Morgan fingerprint density at radius 3 is 2.69 bits per heavy atom.